The lowest BCUT2D eigenvalue weighted by molar-refractivity contribution is -0.138. The summed E-state index contributed by atoms with van der Waals surface area (Å²) in [6.45, 7) is 4.23. The van der Waals surface area contributed by atoms with Crippen molar-refractivity contribution < 1.29 is 19.0 Å². The second-order valence-electron chi connectivity index (χ2n) is 6.54. The Morgan fingerprint density at radius 3 is 2.74 bits per heavy atom. The Bertz CT molecular complexity index is 522. The van der Waals surface area contributed by atoms with Crippen LogP contribution in [0, 0.1) is 5.41 Å². The number of carbonyl (C=O) groups excluding carboxylic acids is 1. The zero-order chi connectivity index (χ0) is 16.1. The van der Waals surface area contributed by atoms with E-state index in [0.29, 0.717) is 26.2 Å². The molecule has 2 aliphatic heterocycles. The van der Waals surface area contributed by atoms with Crippen LogP contribution in [-0.4, -0.2) is 50.9 Å². The van der Waals surface area contributed by atoms with Gasteiger partial charge in [0, 0.05) is 38.6 Å². The van der Waals surface area contributed by atoms with Gasteiger partial charge >= 0.3 is 0 Å². The smallest absolute Gasteiger partial charge is 0.222 e. The summed E-state index contributed by atoms with van der Waals surface area (Å²) in [7, 11) is 1.66. The number of hydrogen-bond acceptors (Lipinski definition) is 4. The highest BCUT2D eigenvalue weighted by Crippen LogP contribution is 2.38. The molecule has 0 unspecified atom stereocenters. The van der Waals surface area contributed by atoms with E-state index in [2.05, 4.69) is 0 Å². The summed E-state index contributed by atoms with van der Waals surface area (Å²) in [5.74, 6) is 1.08. The number of methoxy groups -OCH3 is 1. The highest BCUT2D eigenvalue weighted by Gasteiger charge is 2.41. The number of ether oxygens (including phenoxy) is 3. The maximum atomic E-state index is 12.2. The van der Waals surface area contributed by atoms with Crippen LogP contribution in [0.15, 0.2) is 24.3 Å². The first-order chi connectivity index (χ1) is 11.2. The lowest BCUT2D eigenvalue weighted by Gasteiger charge is -2.39. The van der Waals surface area contributed by atoms with Crippen LogP contribution in [0.3, 0.4) is 0 Å². The van der Waals surface area contributed by atoms with Crippen LogP contribution in [0.2, 0.25) is 0 Å². The van der Waals surface area contributed by atoms with Gasteiger partial charge in [0.05, 0.1) is 13.2 Å². The lowest BCUT2D eigenvalue weighted by atomic mass is 9.79. The molecule has 1 spiro atoms. The van der Waals surface area contributed by atoms with Crippen molar-refractivity contribution in [1.29, 1.82) is 0 Å². The number of nitrogens with zero attached hydrogens (tertiary/aromatic N) is 1. The van der Waals surface area contributed by atoms with E-state index in [9.17, 15) is 4.79 Å². The van der Waals surface area contributed by atoms with Crippen molar-refractivity contribution in [2.75, 3.05) is 40.1 Å². The molecule has 0 saturated carbocycles. The van der Waals surface area contributed by atoms with Crippen molar-refractivity contribution in [3.05, 3.63) is 29.8 Å². The molecule has 2 saturated heterocycles. The van der Waals surface area contributed by atoms with E-state index in [4.69, 9.17) is 14.2 Å². The van der Waals surface area contributed by atoms with E-state index < -0.39 is 0 Å². The van der Waals surface area contributed by atoms with Gasteiger partial charge < -0.3 is 19.1 Å². The summed E-state index contributed by atoms with van der Waals surface area (Å²) in [4.78, 5) is 14.2. The minimum Gasteiger partial charge on any atom is -0.491 e. The number of rotatable bonds is 6. The number of benzene rings is 1. The molecule has 23 heavy (non-hydrogen) atoms. The Balaban J connectivity index is 1.58. The lowest BCUT2D eigenvalue weighted by Crippen LogP contribution is -2.46. The predicted molar refractivity (Wildman–Crippen MR) is 86.3 cm³/mol. The molecule has 1 aromatic carbocycles. The summed E-state index contributed by atoms with van der Waals surface area (Å²) < 4.78 is 16.1. The molecule has 2 fully saturated rings. The molecule has 0 radical (unpaired) electrons. The minimum atomic E-state index is 0.192. The average molecular weight is 319 g/mol. The second kappa shape index (κ2) is 7.32. The quantitative estimate of drug-likeness (QED) is 0.755. The van der Waals surface area contributed by atoms with Crippen LogP contribution in [0.5, 0.6) is 5.75 Å². The zero-order valence-corrected chi connectivity index (χ0v) is 13.8. The molecule has 1 atom stereocenters. The largest absolute Gasteiger partial charge is 0.491 e. The molecule has 0 N–H and O–H groups in total. The Kier molecular flexibility index (Phi) is 5.18. The summed E-state index contributed by atoms with van der Waals surface area (Å²) in [5.41, 5.74) is 1.32. The second-order valence-corrected chi connectivity index (χ2v) is 6.54. The first-order valence-electron chi connectivity index (χ1n) is 8.27. The third-order valence-electron chi connectivity index (χ3n) is 4.79. The molecule has 0 aliphatic carbocycles. The third kappa shape index (κ3) is 4.03. The molecular weight excluding hydrogens is 294 g/mol. The van der Waals surface area contributed by atoms with E-state index in [1.165, 1.54) is 0 Å². The topological polar surface area (TPSA) is 48.0 Å². The standard InChI is InChI=1S/C18H25NO4/c1-21-10-11-23-16-4-2-15(3-5-16)12-19-13-18(7-6-17(19)20)8-9-22-14-18/h2-5H,6-14H2,1H3/t18-/m1/s1. The van der Waals surface area contributed by atoms with Crippen LogP contribution < -0.4 is 4.74 Å². The predicted octanol–water partition coefficient (Wildman–Crippen LogP) is 2.24. The molecule has 2 heterocycles. The van der Waals surface area contributed by atoms with Crippen LogP contribution >= 0.6 is 0 Å². The Morgan fingerprint density at radius 1 is 1.22 bits per heavy atom. The van der Waals surface area contributed by atoms with Crippen molar-refractivity contribution in [2.45, 2.75) is 25.8 Å². The van der Waals surface area contributed by atoms with Gasteiger partial charge in [-0.15, -0.1) is 0 Å². The average Bonchev–Trinajstić information content (AvgIpc) is 3.01. The van der Waals surface area contributed by atoms with E-state index in [0.717, 1.165) is 43.9 Å². The summed E-state index contributed by atoms with van der Waals surface area (Å²) >= 11 is 0. The molecule has 5 nitrogen and oxygen atoms in total. The first kappa shape index (κ1) is 16.3. The summed E-state index contributed by atoms with van der Waals surface area (Å²) in [5, 5.41) is 0. The maximum absolute atomic E-state index is 12.2. The Morgan fingerprint density at radius 2 is 2.04 bits per heavy atom. The van der Waals surface area contributed by atoms with Gasteiger partial charge in [-0.25, -0.2) is 0 Å². The third-order valence-corrected chi connectivity index (χ3v) is 4.79. The molecule has 1 aromatic rings. The van der Waals surface area contributed by atoms with E-state index in [1.807, 2.05) is 29.2 Å². The normalized spacial score (nSPS) is 24.4. The van der Waals surface area contributed by atoms with E-state index in [-0.39, 0.29) is 11.3 Å². The molecule has 2 aliphatic rings. The minimum absolute atomic E-state index is 0.192. The van der Waals surface area contributed by atoms with Gasteiger partial charge in [-0.2, -0.15) is 0 Å². The molecule has 126 valence electrons. The summed E-state index contributed by atoms with van der Waals surface area (Å²) in [6, 6.07) is 7.96. The highest BCUT2D eigenvalue weighted by atomic mass is 16.5. The van der Waals surface area contributed by atoms with Crippen molar-refractivity contribution in [3.8, 4) is 5.75 Å². The number of piperidine rings is 1. The Hall–Kier alpha value is -1.59. The molecule has 0 aromatic heterocycles. The SMILES string of the molecule is COCCOc1ccc(CN2C[C@]3(CCOC3)CCC2=O)cc1. The fourth-order valence-corrected chi connectivity index (χ4v) is 3.37. The molecular formula is C18H25NO4. The van der Waals surface area contributed by atoms with Gasteiger partial charge in [-0.05, 0) is 30.5 Å². The number of likely N-dealkylation sites (tertiary alicyclic amines) is 1. The number of carbonyl (C=O) groups is 1. The van der Waals surface area contributed by atoms with Crippen molar-refractivity contribution >= 4 is 5.91 Å². The van der Waals surface area contributed by atoms with Crippen molar-refractivity contribution in [1.82, 2.24) is 4.90 Å². The van der Waals surface area contributed by atoms with Gasteiger partial charge in [0.2, 0.25) is 5.91 Å². The van der Waals surface area contributed by atoms with Crippen LogP contribution in [0.25, 0.3) is 0 Å². The molecule has 5 heteroatoms. The van der Waals surface area contributed by atoms with Crippen molar-refractivity contribution in [2.24, 2.45) is 5.41 Å². The number of hydrogen-bond donors (Lipinski definition) is 0. The molecule has 1 amide bonds. The fourth-order valence-electron chi connectivity index (χ4n) is 3.37. The maximum Gasteiger partial charge on any atom is 0.222 e. The molecule has 3 rings (SSSR count). The monoisotopic (exact) mass is 319 g/mol. The van der Waals surface area contributed by atoms with Gasteiger partial charge in [0.25, 0.3) is 0 Å². The fraction of sp³-hybridized carbons (Fsp3) is 0.611. The van der Waals surface area contributed by atoms with Crippen molar-refractivity contribution in [3.63, 3.8) is 0 Å². The van der Waals surface area contributed by atoms with Gasteiger partial charge in [-0.3, -0.25) is 4.79 Å². The summed E-state index contributed by atoms with van der Waals surface area (Å²) in [6.07, 6.45) is 2.68. The van der Waals surface area contributed by atoms with Crippen LogP contribution in [0.1, 0.15) is 24.8 Å². The highest BCUT2D eigenvalue weighted by molar-refractivity contribution is 5.77. The number of amides is 1. The van der Waals surface area contributed by atoms with E-state index in [1.54, 1.807) is 7.11 Å². The first-order valence-corrected chi connectivity index (χ1v) is 8.27. The zero-order valence-electron chi connectivity index (χ0n) is 13.8. The van der Waals surface area contributed by atoms with Gasteiger partial charge in [-0.1, -0.05) is 12.1 Å². The Labute approximate surface area is 137 Å². The van der Waals surface area contributed by atoms with Gasteiger partial charge in [0.15, 0.2) is 0 Å². The van der Waals surface area contributed by atoms with Crippen LogP contribution in [0.4, 0.5) is 0 Å². The van der Waals surface area contributed by atoms with Gasteiger partial charge in [0.1, 0.15) is 12.4 Å². The van der Waals surface area contributed by atoms with Crippen LogP contribution in [-0.2, 0) is 20.8 Å². The molecule has 0 bridgehead atoms. The van der Waals surface area contributed by atoms with E-state index >= 15 is 0 Å².